The normalized spacial score (nSPS) is 11.0. The van der Waals surface area contributed by atoms with E-state index in [1.54, 1.807) is 48.5 Å². The molecule has 0 saturated carbocycles. The number of rotatable bonds is 3. The molecule has 0 aliphatic carbocycles. The maximum Gasteiger partial charge on any atom is 0.235 e. The van der Waals surface area contributed by atoms with Gasteiger partial charge in [0.2, 0.25) is 11.2 Å². The largest absolute Gasteiger partial charge is 0.508 e. The van der Waals surface area contributed by atoms with Gasteiger partial charge in [0.1, 0.15) is 11.3 Å². The predicted octanol–water partition coefficient (Wildman–Crippen LogP) is 3.95. The van der Waals surface area contributed by atoms with Crippen molar-refractivity contribution in [3.63, 3.8) is 0 Å². The smallest absolute Gasteiger partial charge is 0.235 e. The summed E-state index contributed by atoms with van der Waals surface area (Å²) in [5.74, 6) is 0.594. The Kier molecular flexibility index (Phi) is 3.59. The molecule has 4 nitrogen and oxygen atoms in total. The Morgan fingerprint density at radius 1 is 1.09 bits per heavy atom. The molecule has 0 spiro atoms. The van der Waals surface area contributed by atoms with Gasteiger partial charge >= 0.3 is 0 Å². The fraction of sp³-hybridized carbons (Fsp3) is 0.167. The molecule has 2 aromatic carbocycles. The highest BCUT2D eigenvalue weighted by Gasteiger charge is 2.18. The van der Waals surface area contributed by atoms with Crippen LogP contribution in [0.2, 0.25) is 0 Å². The Morgan fingerprint density at radius 2 is 1.86 bits per heavy atom. The molecule has 0 aliphatic rings. The van der Waals surface area contributed by atoms with Crippen LogP contribution in [0.15, 0.2) is 57.7 Å². The van der Waals surface area contributed by atoms with Crippen LogP contribution < -0.4 is 10.2 Å². The highest BCUT2D eigenvalue weighted by Crippen LogP contribution is 2.32. The van der Waals surface area contributed by atoms with E-state index >= 15 is 0 Å². The fourth-order valence-electron chi connectivity index (χ4n) is 2.30. The lowest BCUT2D eigenvalue weighted by atomic mass is 10.1. The summed E-state index contributed by atoms with van der Waals surface area (Å²) in [5.41, 5.74) is 0.870. The topological polar surface area (TPSA) is 59.7 Å². The SMILES string of the molecule is CC(C)Oc1c(-c2cccc(O)c2)oc2ccccc2c1=O. The Morgan fingerprint density at radius 3 is 2.59 bits per heavy atom. The van der Waals surface area contributed by atoms with Crippen LogP contribution in [-0.2, 0) is 0 Å². The Hall–Kier alpha value is -2.75. The fourth-order valence-corrected chi connectivity index (χ4v) is 2.30. The lowest BCUT2D eigenvalue weighted by Gasteiger charge is -2.14. The van der Waals surface area contributed by atoms with Gasteiger partial charge in [-0.15, -0.1) is 0 Å². The van der Waals surface area contributed by atoms with Crippen molar-refractivity contribution >= 4 is 11.0 Å². The maximum atomic E-state index is 12.7. The summed E-state index contributed by atoms with van der Waals surface area (Å²) < 4.78 is 11.6. The zero-order valence-electron chi connectivity index (χ0n) is 12.4. The van der Waals surface area contributed by atoms with Gasteiger partial charge in [-0.1, -0.05) is 24.3 Å². The van der Waals surface area contributed by atoms with Gasteiger partial charge in [-0.05, 0) is 38.1 Å². The van der Waals surface area contributed by atoms with Crippen LogP contribution in [0.3, 0.4) is 0 Å². The second kappa shape index (κ2) is 5.56. The number of aromatic hydroxyl groups is 1. The highest BCUT2D eigenvalue weighted by molar-refractivity contribution is 5.82. The van der Waals surface area contributed by atoms with Crippen LogP contribution in [0.4, 0.5) is 0 Å². The van der Waals surface area contributed by atoms with Crippen molar-refractivity contribution in [2.45, 2.75) is 20.0 Å². The average molecular weight is 296 g/mol. The van der Waals surface area contributed by atoms with Crippen LogP contribution in [0.5, 0.6) is 11.5 Å². The minimum Gasteiger partial charge on any atom is -0.508 e. The number of hydrogen-bond donors (Lipinski definition) is 1. The van der Waals surface area contributed by atoms with Crippen molar-refractivity contribution in [3.05, 3.63) is 58.8 Å². The van der Waals surface area contributed by atoms with E-state index in [4.69, 9.17) is 9.15 Å². The standard InChI is InChI=1S/C18H16O4/c1-11(2)21-18-16(20)14-8-3-4-9-15(14)22-17(18)12-6-5-7-13(19)10-12/h3-11,19H,1-2H3. The summed E-state index contributed by atoms with van der Waals surface area (Å²) in [6, 6.07) is 13.6. The molecule has 3 aromatic rings. The van der Waals surface area contributed by atoms with Crippen molar-refractivity contribution in [2.75, 3.05) is 0 Å². The monoisotopic (exact) mass is 296 g/mol. The molecule has 1 aromatic heterocycles. The quantitative estimate of drug-likeness (QED) is 0.795. The Labute approximate surface area is 127 Å². The van der Waals surface area contributed by atoms with Gasteiger partial charge in [0, 0.05) is 5.56 Å². The molecule has 112 valence electrons. The first-order chi connectivity index (χ1) is 10.6. The van der Waals surface area contributed by atoms with Gasteiger partial charge in [-0.25, -0.2) is 0 Å². The van der Waals surface area contributed by atoms with Gasteiger partial charge in [0.15, 0.2) is 5.76 Å². The minimum absolute atomic E-state index is 0.101. The third-order valence-electron chi connectivity index (χ3n) is 3.22. The van der Waals surface area contributed by atoms with Gasteiger partial charge in [0.25, 0.3) is 0 Å². The lowest BCUT2D eigenvalue weighted by molar-refractivity contribution is 0.236. The van der Waals surface area contributed by atoms with Crippen molar-refractivity contribution in [1.29, 1.82) is 0 Å². The van der Waals surface area contributed by atoms with E-state index in [1.165, 1.54) is 0 Å². The summed E-state index contributed by atoms with van der Waals surface area (Å²) in [6.07, 6.45) is -0.167. The van der Waals surface area contributed by atoms with Gasteiger partial charge in [-0.2, -0.15) is 0 Å². The molecule has 0 unspecified atom stereocenters. The molecular weight excluding hydrogens is 280 g/mol. The molecule has 22 heavy (non-hydrogen) atoms. The summed E-state index contributed by atoms with van der Waals surface area (Å²) >= 11 is 0. The van der Waals surface area contributed by atoms with E-state index in [2.05, 4.69) is 0 Å². The molecule has 0 amide bonds. The number of benzene rings is 2. The van der Waals surface area contributed by atoms with Crippen molar-refractivity contribution < 1.29 is 14.3 Å². The number of ether oxygens (including phenoxy) is 1. The lowest BCUT2D eigenvalue weighted by Crippen LogP contribution is -2.15. The molecule has 3 rings (SSSR count). The molecule has 4 heteroatoms. The predicted molar refractivity (Wildman–Crippen MR) is 85.3 cm³/mol. The molecular formula is C18H16O4. The summed E-state index contributed by atoms with van der Waals surface area (Å²) in [4.78, 5) is 12.7. The van der Waals surface area contributed by atoms with E-state index in [1.807, 2.05) is 13.8 Å². The summed E-state index contributed by atoms with van der Waals surface area (Å²) in [7, 11) is 0. The van der Waals surface area contributed by atoms with E-state index in [-0.39, 0.29) is 23.0 Å². The number of phenols is 1. The highest BCUT2D eigenvalue weighted by atomic mass is 16.5. The first-order valence-electron chi connectivity index (χ1n) is 7.08. The van der Waals surface area contributed by atoms with Crippen molar-refractivity contribution in [3.8, 4) is 22.8 Å². The molecule has 1 heterocycles. The molecule has 0 atom stereocenters. The molecule has 0 radical (unpaired) electrons. The zero-order chi connectivity index (χ0) is 15.7. The van der Waals surface area contributed by atoms with Crippen LogP contribution in [0, 0.1) is 0 Å². The third kappa shape index (κ3) is 2.55. The first-order valence-corrected chi connectivity index (χ1v) is 7.08. The van der Waals surface area contributed by atoms with Crippen LogP contribution in [0.1, 0.15) is 13.8 Å². The molecule has 0 aliphatic heterocycles. The van der Waals surface area contributed by atoms with Crippen LogP contribution in [0.25, 0.3) is 22.3 Å². The second-order valence-electron chi connectivity index (χ2n) is 5.30. The van der Waals surface area contributed by atoms with Crippen molar-refractivity contribution in [2.24, 2.45) is 0 Å². The van der Waals surface area contributed by atoms with E-state index in [0.29, 0.717) is 22.3 Å². The van der Waals surface area contributed by atoms with Crippen LogP contribution >= 0.6 is 0 Å². The number of hydrogen-bond acceptors (Lipinski definition) is 4. The third-order valence-corrected chi connectivity index (χ3v) is 3.22. The van der Waals surface area contributed by atoms with Gasteiger partial charge < -0.3 is 14.3 Å². The minimum atomic E-state index is -0.214. The average Bonchev–Trinajstić information content (AvgIpc) is 2.49. The second-order valence-corrected chi connectivity index (χ2v) is 5.30. The summed E-state index contributed by atoms with van der Waals surface area (Å²) in [5, 5.41) is 10.1. The van der Waals surface area contributed by atoms with Crippen molar-refractivity contribution in [1.82, 2.24) is 0 Å². The van der Waals surface area contributed by atoms with E-state index in [9.17, 15) is 9.90 Å². The Bertz CT molecular complexity index is 878. The van der Waals surface area contributed by atoms with Gasteiger partial charge in [0.05, 0.1) is 11.5 Å². The van der Waals surface area contributed by atoms with Crippen LogP contribution in [-0.4, -0.2) is 11.2 Å². The number of phenolic OH excluding ortho intramolecular Hbond substituents is 1. The zero-order valence-corrected chi connectivity index (χ0v) is 12.4. The molecule has 1 N–H and O–H groups in total. The van der Waals surface area contributed by atoms with Gasteiger partial charge in [-0.3, -0.25) is 4.79 Å². The Balaban J connectivity index is 2.34. The number of fused-ring (bicyclic) bond motifs is 1. The van der Waals surface area contributed by atoms with E-state index < -0.39 is 0 Å². The van der Waals surface area contributed by atoms with E-state index in [0.717, 1.165) is 0 Å². The molecule has 0 saturated heterocycles. The summed E-state index contributed by atoms with van der Waals surface area (Å²) in [6.45, 7) is 3.70. The molecule has 0 bridgehead atoms. The first kappa shape index (κ1) is 14.2. The number of para-hydroxylation sites is 1. The molecule has 0 fully saturated rings. The maximum absolute atomic E-state index is 12.7.